The van der Waals surface area contributed by atoms with Crippen LogP contribution in [-0.2, 0) is 16.0 Å². The fourth-order valence-corrected chi connectivity index (χ4v) is 3.32. The number of allylic oxidation sites excluding steroid dienone is 1. The van der Waals surface area contributed by atoms with Gasteiger partial charge in [-0.25, -0.2) is 0 Å². The van der Waals surface area contributed by atoms with E-state index >= 15 is 0 Å². The molecule has 2 aromatic rings. The van der Waals surface area contributed by atoms with Crippen molar-refractivity contribution in [3.63, 3.8) is 0 Å². The van der Waals surface area contributed by atoms with Gasteiger partial charge in [0.1, 0.15) is 11.6 Å². The number of hydrogen-bond donors (Lipinski definition) is 2. The van der Waals surface area contributed by atoms with Crippen molar-refractivity contribution in [1.29, 1.82) is 5.26 Å². The first kappa shape index (κ1) is 19.9. The highest BCUT2D eigenvalue weighted by Gasteiger charge is 2.38. The topological polar surface area (TPSA) is 142 Å². The second kappa shape index (κ2) is 8.02. The molecule has 10 heteroatoms. The number of nitrogens with one attached hydrogen (secondary N) is 1. The molecule has 3 rings (SSSR count). The zero-order valence-corrected chi connectivity index (χ0v) is 16.4. The van der Waals surface area contributed by atoms with Gasteiger partial charge in [0.2, 0.25) is 17.5 Å². The number of H-pyrrole nitrogens is 1. The summed E-state index contributed by atoms with van der Waals surface area (Å²) >= 11 is 0. The second-order valence-electron chi connectivity index (χ2n) is 6.02. The van der Waals surface area contributed by atoms with Gasteiger partial charge in [-0.2, -0.15) is 5.26 Å². The normalized spacial score (nSPS) is 15.1. The van der Waals surface area contributed by atoms with Crippen molar-refractivity contribution in [2.24, 2.45) is 5.73 Å². The van der Waals surface area contributed by atoms with Gasteiger partial charge in [-0.3, -0.25) is 9.89 Å². The molecule has 0 spiro atoms. The average Bonchev–Trinajstić information content (AvgIpc) is 3.12. The number of rotatable bonds is 6. The minimum atomic E-state index is -0.711. The van der Waals surface area contributed by atoms with Crippen LogP contribution in [0.2, 0.25) is 0 Å². The summed E-state index contributed by atoms with van der Waals surface area (Å²) in [6, 6.07) is 5.52. The molecule has 1 aliphatic heterocycles. The molecule has 0 radical (unpaired) electrons. The lowest BCUT2D eigenvalue weighted by atomic mass is 9.83. The number of ether oxygens (including phenoxy) is 5. The molecule has 0 saturated carbocycles. The van der Waals surface area contributed by atoms with E-state index in [0.717, 1.165) is 0 Å². The number of nitriles is 1. The third-order valence-electron chi connectivity index (χ3n) is 4.61. The van der Waals surface area contributed by atoms with E-state index in [9.17, 15) is 10.1 Å². The van der Waals surface area contributed by atoms with Crippen molar-refractivity contribution in [2.45, 2.75) is 12.3 Å². The molecule has 0 aliphatic carbocycles. The van der Waals surface area contributed by atoms with Crippen LogP contribution in [-0.4, -0.2) is 44.6 Å². The second-order valence-corrected chi connectivity index (χ2v) is 6.02. The summed E-state index contributed by atoms with van der Waals surface area (Å²) in [7, 11) is 5.75. The van der Waals surface area contributed by atoms with Crippen LogP contribution in [0.4, 0.5) is 0 Å². The van der Waals surface area contributed by atoms with Crippen LogP contribution in [0.15, 0.2) is 23.6 Å². The summed E-state index contributed by atoms with van der Waals surface area (Å²) < 4.78 is 26.6. The third-order valence-corrected chi connectivity index (χ3v) is 4.61. The van der Waals surface area contributed by atoms with Gasteiger partial charge in [0.15, 0.2) is 11.5 Å². The van der Waals surface area contributed by atoms with Crippen LogP contribution < -0.4 is 24.7 Å². The Morgan fingerprint density at radius 1 is 1.24 bits per heavy atom. The van der Waals surface area contributed by atoms with Gasteiger partial charge in [0, 0.05) is 5.56 Å². The highest BCUT2D eigenvalue weighted by atomic mass is 16.5. The fourth-order valence-electron chi connectivity index (χ4n) is 3.32. The van der Waals surface area contributed by atoms with Crippen molar-refractivity contribution in [3.05, 3.63) is 40.4 Å². The molecular weight excluding hydrogens is 380 g/mol. The van der Waals surface area contributed by atoms with E-state index in [4.69, 9.17) is 29.4 Å². The minimum Gasteiger partial charge on any atom is -0.493 e. The van der Waals surface area contributed by atoms with Gasteiger partial charge in [-0.1, -0.05) is 6.07 Å². The number of aromatic amines is 1. The molecule has 10 nitrogen and oxygen atoms in total. The first-order valence-electron chi connectivity index (χ1n) is 8.51. The van der Waals surface area contributed by atoms with Gasteiger partial charge in [0.05, 0.1) is 52.0 Å². The Morgan fingerprint density at radius 3 is 2.55 bits per heavy atom. The maximum absolute atomic E-state index is 11.9. The van der Waals surface area contributed by atoms with Crippen molar-refractivity contribution < 1.29 is 28.5 Å². The molecule has 3 N–H and O–H groups in total. The summed E-state index contributed by atoms with van der Waals surface area (Å²) in [5, 5.41) is 16.6. The first-order valence-corrected chi connectivity index (χ1v) is 8.51. The number of aromatic nitrogens is 2. The summed E-state index contributed by atoms with van der Waals surface area (Å²) in [5.74, 6) is 0.0651. The number of nitrogens with zero attached hydrogens (tertiary/aromatic N) is 2. The van der Waals surface area contributed by atoms with Crippen LogP contribution in [0.3, 0.4) is 0 Å². The molecule has 152 valence electrons. The monoisotopic (exact) mass is 400 g/mol. The number of benzene rings is 1. The SMILES string of the molecule is COC(=O)Cc1[nH]nc2c1[C@H](c1ccc(OC)c(OC)c1OC)C(C#N)=C(N)O2. The van der Waals surface area contributed by atoms with Crippen LogP contribution in [0, 0.1) is 11.3 Å². The lowest BCUT2D eigenvalue weighted by molar-refractivity contribution is -0.139. The van der Waals surface area contributed by atoms with E-state index in [0.29, 0.717) is 34.1 Å². The highest BCUT2D eigenvalue weighted by Crippen LogP contribution is 2.50. The number of carbonyl (C=O) groups excluding carboxylic acids is 1. The quantitative estimate of drug-likeness (QED) is 0.687. The zero-order valence-electron chi connectivity index (χ0n) is 16.4. The molecule has 0 unspecified atom stereocenters. The molecule has 1 aliphatic rings. The van der Waals surface area contributed by atoms with E-state index in [1.165, 1.54) is 28.4 Å². The Kier molecular flexibility index (Phi) is 5.50. The van der Waals surface area contributed by atoms with E-state index in [2.05, 4.69) is 16.3 Å². The smallest absolute Gasteiger partial charge is 0.311 e. The summed E-state index contributed by atoms with van der Waals surface area (Å²) in [4.78, 5) is 11.9. The maximum Gasteiger partial charge on any atom is 0.311 e. The van der Waals surface area contributed by atoms with Gasteiger partial charge in [-0.15, -0.1) is 5.10 Å². The van der Waals surface area contributed by atoms with Crippen molar-refractivity contribution >= 4 is 5.97 Å². The van der Waals surface area contributed by atoms with Gasteiger partial charge >= 0.3 is 5.97 Å². The van der Waals surface area contributed by atoms with Gasteiger partial charge in [-0.05, 0) is 6.07 Å². The Labute approximate surface area is 166 Å². The maximum atomic E-state index is 11.9. The van der Waals surface area contributed by atoms with E-state index in [1.807, 2.05) is 0 Å². The molecule has 1 aromatic heterocycles. The lowest BCUT2D eigenvalue weighted by Gasteiger charge is -2.26. The molecule has 2 heterocycles. The Hall–Kier alpha value is -3.87. The Bertz CT molecular complexity index is 1020. The molecule has 29 heavy (non-hydrogen) atoms. The minimum absolute atomic E-state index is 0.0852. The summed E-state index contributed by atoms with van der Waals surface area (Å²) in [6.07, 6.45) is -0.0904. The van der Waals surface area contributed by atoms with E-state index in [-0.39, 0.29) is 23.8 Å². The van der Waals surface area contributed by atoms with E-state index < -0.39 is 11.9 Å². The number of methoxy groups -OCH3 is 4. The molecule has 0 saturated heterocycles. The first-order chi connectivity index (χ1) is 14.0. The van der Waals surface area contributed by atoms with Crippen LogP contribution in [0.5, 0.6) is 23.1 Å². The molecule has 0 amide bonds. The number of esters is 1. The van der Waals surface area contributed by atoms with Crippen LogP contribution >= 0.6 is 0 Å². The highest BCUT2D eigenvalue weighted by molar-refractivity contribution is 5.74. The molecule has 0 fully saturated rings. The predicted molar refractivity (Wildman–Crippen MR) is 99.7 cm³/mol. The van der Waals surface area contributed by atoms with E-state index in [1.54, 1.807) is 12.1 Å². The number of fused-ring (bicyclic) bond motifs is 1. The number of nitrogens with two attached hydrogens (primary N) is 1. The largest absolute Gasteiger partial charge is 0.493 e. The lowest BCUT2D eigenvalue weighted by Crippen LogP contribution is -2.22. The van der Waals surface area contributed by atoms with Crippen molar-refractivity contribution in [3.8, 4) is 29.2 Å². The summed E-state index contributed by atoms with van der Waals surface area (Å²) in [6.45, 7) is 0. The standard InChI is InChI=1S/C19H20N4O6/c1-25-12-6-5-9(16(27-3)17(12)28-4)14-10(8-20)18(21)29-19-15(14)11(22-23-19)7-13(24)26-2/h5-6,14H,7,21H2,1-4H3,(H,22,23)/t14-/m1/s1. The fraction of sp³-hybridized carbons (Fsp3) is 0.316. The predicted octanol–water partition coefficient (Wildman–Crippen LogP) is 1.37. The van der Waals surface area contributed by atoms with Gasteiger partial charge < -0.3 is 29.4 Å². The third kappa shape index (κ3) is 3.27. The molecular formula is C19H20N4O6. The molecule has 1 aromatic carbocycles. The van der Waals surface area contributed by atoms with Crippen molar-refractivity contribution in [2.75, 3.05) is 28.4 Å². The van der Waals surface area contributed by atoms with Crippen LogP contribution in [0.25, 0.3) is 0 Å². The zero-order chi connectivity index (χ0) is 21.1. The number of hydrogen-bond acceptors (Lipinski definition) is 9. The van der Waals surface area contributed by atoms with Gasteiger partial charge in [0.25, 0.3) is 0 Å². The average molecular weight is 400 g/mol. The summed E-state index contributed by atoms with van der Waals surface area (Å²) in [5.41, 5.74) is 7.63. The molecule has 1 atom stereocenters. The Morgan fingerprint density at radius 2 is 1.97 bits per heavy atom. The van der Waals surface area contributed by atoms with Crippen molar-refractivity contribution in [1.82, 2.24) is 10.2 Å². The Balaban J connectivity index is 2.28. The van der Waals surface area contributed by atoms with Crippen LogP contribution in [0.1, 0.15) is 22.7 Å². The number of carbonyl (C=O) groups is 1. The molecule has 0 bridgehead atoms.